The van der Waals surface area contributed by atoms with Crippen LogP contribution < -0.4 is 21.3 Å². The van der Waals surface area contributed by atoms with Crippen LogP contribution in [0.3, 0.4) is 0 Å². The number of rotatable bonds is 5. The molecule has 1 amide bonds. The highest BCUT2D eigenvalue weighted by atomic mass is 19.3. The second-order valence-corrected chi connectivity index (χ2v) is 7.26. The summed E-state index contributed by atoms with van der Waals surface area (Å²) in [6.45, 7) is 3.92. The molecule has 0 unspecified atom stereocenters. The van der Waals surface area contributed by atoms with Crippen LogP contribution >= 0.6 is 0 Å². The third-order valence-corrected chi connectivity index (χ3v) is 5.28. The third kappa shape index (κ3) is 4.65. The number of alkyl halides is 2. The van der Waals surface area contributed by atoms with Gasteiger partial charge in [-0.1, -0.05) is 0 Å². The van der Waals surface area contributed by atoms with Crippen molar-refractivity contribution in [2.75, 3.05) is 74.6 Å². The molecule has 2 aliphatic heterocycles. The van der Waals surface area contributed by atoms with Gasteiger partial charge in [-0.2, -0.15) is 15.0 Å². The molecule has 4 N–H and O–H groups in total. The first-order valence-corrected chi connectivity index (χ1v) is 10.2. The van der Waals surface area contributed by atoms with Crippen molar-refractivity contribution in [3.05, 3.63) is 11.9 Å². The number of anilines is 3. The van der Waals surface area contributed by atoms with Crippen LogP contribution in [0.2, 0.25) is 0 Å². The largest absolute Gasteiger partial charge is 0.378 e. The van der Waals surface area contributed by atoms with Crippen LogP contribution in [0.4, 0.5) is 26.6 Å². The van der Waals surface area contributed by atoms with Gasteiger partial charge in [0, 0.05) is 45.5 Å². The average Bonchev–Trinajstić information content (AvgIpc) is 2.83. The van der Waals surface area contributed by atoms with Crippen molar-refractivity contribution in [2.45, 2.75) is 6.43 Å². The van der Waals surface area contributed by atoms with E-state index in [1.165, 1.54) is 6.20 Å². The van der Waals surface area contributed by atoms with Gasteiger partial charge >= 0.3 is 0 Å². The summed E-state index contributed by atoms with van der Waals surface area (Å²) in [7, 11) is 0. The minimum absolute atomic E-state index is 0.00990. The maximum absolute atomic E-state index is 13.7. The Morgan fingerprint density at radius 3 is 2.22 bits per heavy atom. The molecule has 0 radical (unpaired) electrons. The lowest BCUT2D eigenvalue weighted by atomic mass is 10.2. The van der Waals surface area contributed by atoms with Crippen LogP contribution in [0.25, 0.3) is 11.4 Å². The van der Waals surface area contributed by atoms with Gasteiger partial charge in [0.15, 0.2) is 5.82 Å². The topological polar surface area (TPSA) is 153 Å². The molecule has 4 heterocycles. The molecule has 2 aliphatic rings. The summed E-state index contributed by atoms with van der Waals surface area (Å²) in [5.41, 5.74) is 10.4. The van der Waals surface area contributed by atoms with Crippen molar-refractivity contribution in [1.82, 2.24) is 29.8 Å². The van der Waals surface area contributed by atoms with Gasteiger partial charge in [0.25, 0.3) is 6.43 Å². The smallest absolute Gasteiger partial charge is 0.281 e. The minimum atomic E-state index is -2.88. The lowest BCUT2D eigenvalue weighted by Gasteiger charge is -2.35. The van der Waals surface area contributed by atoms with Gasteiger partial charge < -0.3 is 30.9 Å². The highest BCUT2D eigenvalue weighted by Gasteiger charge is 2.26. The molecule has 2 saturated heterocycles. The van der Waals surface area contributed by atoms with E-state index < -0.39 is 12.1 Å². The fraction of sp³-hybridized carbons (Fsp3) is 0.556. The van der Waals surface area contributed by atoms with Gasteiger partial charge in [0.2, 0.25) is 23.8 Å². The SMILES string of the molecule is NCC(=O)N1CCN(c2nc(-c3cnc(N)nc3C(F)F)nc(N3CCOCC3)n2)CC1. The number of piperazine rings is 1. The molecule has 0 aromatic carbocycles. The van der Waals surface area contributed by atoms with E-state index in [9.17, 15) is 13.6 Å². The molecule has 0 aliphatic carbocycles. The van der Waals surface area contributed by atoms with Crippen molar-refractivity contribution in [3.8, 4) is 11.4 Å². The van der Waals surface area contributed by atoms with Crippen molar-refractivity contribution >= 4 is 23.8 Å². The molecule has 0 atom stereocenters. The molecule has 2 fully saturated rings. The number of nitrogens with two attached hydrogens (primary N) is 2. The summed E-state index contributed by atoms with van der Waals surface area (Å²) in [5.74, 6) is 0.328. The molecule has 4 rings (SSSR count). The van der Waals surface area contributed by atoms with Gasteiger partial charge in [-0.05, 0) is 0 Å². The molecular formula is C18H24F2N10O2. The van der Waals surface area contributed by atoms with Crippen LogP contribution in [0.15, 0.2) is 6.20 Å². The van der Waals surface area contributed by atoms with E-state index in [-0.39, 0.29) is 29.8 Å². The number of nitrogens with zero attached hydrogens (tertiary/aromatic N) is 8. The van der Waals surface area contributed by atoms with Crippen molar-refractivity contribution in [1.29, 1.82) is 0 Å². The number of carbonyl (C=O) groups excluding carboxylic acids is 1. The number of halogens is 2. The molecule has 12 nitrogen and oxygen atoms in total. The van der Waals surface area contributed by atoms with Crippen LogP contribution in [0, 0.1) is 0 Å². The molecule has 0 bridgehead atoms. The van der Waals surface area contributed by atoms with Gasteiger partial charge in [-0.3, -0.25) is 4.79 Å². The number of ether oxygens (including phenoxy) is 1. The summed E-state index contributed by atoms with van der Waals surface area (Å²) in [6, 6.07) is 0. The minimum Gasteiger partial charge on any atom is -0.378 e. The predicted molar refractivity (Wildman–Crippen MR) is 111 cm³/mol. The highest BCUT2D eigenvalue weighted by Crippen LogP contribution is 2.29. The zero-order valence-corrected chi connectivity index (χ0v) is 17.3. The fourth-order valence-corrected chi connectivity index (χ4v) is 3.55. The predicted octanol–water partition coefficient (Wildman–Crippen LogP) is -0.708. The van der Waals surface area contributed by atoms with Crippen LogP contribution in [0.5, 0.6) is 0 Å². The van der Waals surface area contributed by atoms with Gasteiger partial charge in [0.05, 0.1) is 25.3 Å². The van der Waals surface area contributed by atoms with E-state index >= 15 is 0 Å². The standard InChI is InChI=1S/C18H24F2N10O2/c19-14(20)13-11(10-23-16(22)24-13)15-25-17(27-18(26-15)30-5-7-32-8-6-30)29-3-1-28(2-4-29)12(31)9-21/h10,14H,1-9,21H2,(H2,22,23,24). The van der Waals surface area contributed by atoms with E-state index in [0.29, 0.717) is 64.4 Å². The Balaban J connectivity index is 1.71. The lowest BCUT2D eigenvalue weighted by Crippen LogP contribution is -2.51. The summed E-state index contributed by atoms with van der Waals surface area (Å²) < 4.78 is 32.7. The van der Waals surface area contributed by atoms with Gasteiger partial charge in [-0.25, -0.2) is 18.7 Å². The summed E-state index contributed by atoms with van der Waals surface area (Å²) in [5, 5.41) is 0. The Morgan fingerprint density at radius 1 is 1.00 bits per heavy atom. The number of amides is 1. The fourth-order valence-electron chi connectivity index (χ4n) is 3.55. The Bertz CT molecular complexity index is 965. The van der Waals surface area contributed by atoms with Crippen LogP contribution in [-0.2, 0) is 9.53 Å². The molecule has 172 valence electrons. The van der Waals surface area contributed by atoms with Crippen molar-refractivity contribution in [3.63, 3.8) is 0 Å². The Morgan fingerprint density at radius 2 is 1.62 bits per heavy atom. The molecule has 2 aromatic rings. The quantitative estimate of drug-likeness (QED) is 0.594. The molecular weight excluding hydrogens is 426 g/mol. The van der Waals surface area contributed by atoms with E-state index in [0.717, 1.165) is 0 Å². The molecule has 0 spiro atoms. The number of hydrogen-bond donors (Lipinski definition) is 2. The van der Waals surface area contributed by atoms with Crippen molar-refractivity contribution in [2.24, 2.45) is 5.73 Å². The van der Waals surface area contributed by atoms with Crippen LogP contribution in [-0.4, -0.2) is 94.8 Å². The third-order valence-electron chi connectivity index (χ3n) is 5.28. The maximum Gasteiger partial charge on any atom is 0.281 e. The molecule has 2 aromatic heterocycles. The van der Waals surface area contributed by atoms with Gasteiger partial charge in [0.1, 0.15) is 5.69 Å². The zero-order valence-electron chi connectivity index (χ0n) is 17.3. The normalized spacial score (nSPS) is 17.2. The zero-order chi connectivity index (χ0) is 22.7. The van der Waals surface area contributed by atoms with Gasteiger partial charge in [-0.15, -0.1) is 0 Å². The Labute approximate surface area is 182 Å². The van der Waals surface area contributed by atoms with E-state index in [2.05, 4.69) is 24.9 Å². The second-order valence-electron chi connectivity index (χ2n) is 7.26. The highest BCUT2D eigenvalue weighted by molar-refractivity contribution is 5.78. The Hall–Kier alpha value is -3.26. The maximum atomic E-state index is 13.7. The van der Waals surface area contributed by atoms with Crippen molar-refractivity contribution < 1.29 is 18.3 Å². The number of aromatic nitrogens is 5. The first-order chi connectivity index (χ1) is 15.5. The second kappa shape index (κ2) is 9.48. The average molecular weight is 450 g/mol. The monoisotopic (exact) mass is 450 g/mol. The molecule has 32 heavy (non-hydrogen) atoms. The molecule has 14 heteroatoms. The van der Waals surface area contributed by atoms with E-state index in [4.69, 9.17) is 16.2 Å². The summed E-state index contributed by atoms with van der Waals surface area (Å²) >= 11 is 0. The Kier molecular flexibility index (Phi) is 6.50. The first-order valence-electron chi connectivity index (χ1n) is 10.2. The lowest BCUT2D eigenvalue weighted by molar-refractivity contribution is -0.129. The summed E-state index contributed by atoms with van der Waals surface area (Å²) in [6.07, 6.45) is -1.68. The first kappa shape index (κ1) is 22.0. The van der Waals surface area contributed by atoms with E-state index in [1.54, 1.807) is 4.90 Å². The van der Waals surface area contributed by atoms with Crippen LogP contribution in [0.1, 0.15) is 12.1 Å². The van der Waals surface area contributed by atoms with E-state index in [1.807, 2.05) is 9.80 Å². The summed E-state index contributed by atoms with van der Waals surface area (Å²) in [4.78, 5) is 38.3. The number of carbonyl (C=O) groups is 1. The number of morpholine rings is 1. The number of hydrogen-bond acceptors (Lipinski definition) is 11. The molecule has 0 saturated carbocycles. The number of nitrogen functional groups attached to an aromatic ring is 1.